The molecule has 1 fully saturated rings. The smallest absolute Gasteiger partial charge is 0.228 e. The highest BCUT2D eigenvalue weighted by atomic mass is 79.9. The fraction of sp³-hybridized carbons (Fsp3) is 0.917. The lowest BCUT2D eigenvalue weighted by Crippen LogP contribution is -2.39. The van der Waals surface area contributed by atoms with Gasteiger partial charge in [0.15, 0.2) is 0 Å². The van der Waals surface area contributed by atoms with Crippen LogP contribution < -0.4 is 0 Å². The van der Waals surface area contributed by atoms with Crippen molar-refractivity contribution >= 4 is 21.8 Å². The normalized spacial score (nSPS) is 21.3. The highest BCUT2D eigenvalue weighted by Gasteiger charge is 2.37. The highest BCUT2D eigenvalue weighted by Crippen LogP contribution is 2.38. The number of amides is 1. The van der Waals surface area contributed by atoms with Crippen LogP contribution in [-0.2, 0) is 4.79 Å². The molecule has 1 rings (SSSR count). The SMILES string of the molecule is CC(Br)CCN(C)C(=O)C1(C)CCCC1. The van der Waals surface area contributed by atoms with E-state index in [1.165, 1.54) is 12.8 Å². The number of carbonyl (C=O) groups excluding carboxylic acids is 1. The molecule has 0 aliphatic heterocycles. The van der Waals surface area contributed by atoms with Crippen LogP contribution in [0.25, 0.3) is 0 Å². The van der Waals surface area contributed by atoms with Crippen LogP contribution in [0.5, 0.6) is 0 Å². The van der Waals surface area contributed by atoms with E-state index in [2.05, 4.69) is 29.8 Å². The molecule has 1 aliphatic rings. The van der Waals surface area contributed by atoms with E-state index in [-0.39, 0.29) is 5.41 Å². The first-order valence-electron chi connectivity index (χ1n) is 5.85. The van der Waals surface area contributed by atoms with Crippen LogP contribution in [0.2, 0.25) is 0 Å². The monoisotopic (exact) mass is 275 g/mol. The number of alkyl halides is 1. The molecule has 2 nitrogen and oxygen atoms in total. The molecule has 0 N–H and O–H groups in total. The summed E-state index contributed by atoms with van der Waals surface area (Å²) in [5.74, 6) is 0.341. The molecular formula is C12H22BrNO. The van der Waals surface area contributed by atoms with Crippen molar-refractivity contribution in [2.45, 2.75) is 50.8 Å². The van der Waals surface area contributed by atoms with Gasteiger partial charge < -0.3 is 4.90 Å². The molecule has 1 amide bonds. The molecule has 1 saturated carbocycles. The third-order valence-corrected chi connectivity index (χ3v) is 3.89. The zero-order valence-corrected chi connectivity index (χ0v) is 11.6. The maximum Gasteiger partial charge on any atom is 0.228 e. The molecule has 0 aromatic rings. The van der Waals surface area contributed by atoms with Gasteiger partial charge in [-0.3, -0.25) is 4.79 Å². The summed E-state index contributed by atoms with van der Waals surface area (Å²) in [6.07, 6.45) is 5.59. The third-order valence-electron chi connectivity index (χ3n) is 3.43. The van der Waals surface area contributed by atoms with E-state index in [1.807, 2.05) is 11.9 Å². The van der Waals surface area contributed by atoms with Crippen LogP contribution in [0.1, 0.15) is 46.0 Å². The summed E-state index contributed by atoms with van der Waals surface area (Å²) in [6.45, 7) is 5.10. The van der Waals surface area contributed by atoms with Gasteiger partial charge in [0.25, 0.3) is 0 Å². The van der Waals surface area contributed by atoms with E-state index < -0.39 is 0 Å². The molecule has 1 aliphatic carbocycles. The molecule has 0 aromatic carbocycles. The second-order valence-corrected chi connectivity index (χ2v) is 6.63. The largest absolute Gasteiger partial charge is 0.345 e. The lowest BCUT2D eigenvalue weighted by atomic mass is 9.87. The van der Waals surface area contributed by atoms with Crippen molar-refractivity contribution < 1.29 is 4.79 Å². The fourth-order valence-corrected chi connectivity index (χ4v) is 2.51. The molecule has 0 aromatic heterocycles. The maximum absolute atomic E-state index is 12.2. The summed E-state index contributed by atoms with van der Waals surface area (Å²) in [4.78, 5) is 14.6. The Labute approximate surface area is 102 Å². The van der Waals surface area contributed by atoms with Gasteiger partial charge in [0.05, 0.1) is 0 Å². The number of carbonyl (C=O) groups is 1. The zero-order valence-electron chi connectivity index (χ0n) is 10.1. The van der Waals surface area contributed by atoms with Gasteiger partial charge in [0, 0.05) is 23.8 Å². The summed E-state index contributed by atoms with van der Waals surface area (Å²) < 4.78 is 0. The van der Waals surface area contributed by atoms with Crippen molar-refractivity contribution in [2.24, 2.45) is 5.41 Å². The van der Waals surface area contributed by atoms with Crippen LogP contribution in [-0.4, -0.2) is 29.2 Å². The first-order valence-corrected chi connectivity index (χ1v) is 6.77. The minimum atomic E-state index is -0.0652. The van der Waals surface area contributed by atoms with E-state index in [0.717, 1.165) is 25.8 Å². The Kier molecular flexibility index (Phi) is 4.63. The Balaban J connectivity index is 2.44. The van der Waals surface area contributed by atoms with E-state index in [4.69, 9.17) is 0 Å². The Morgan fingerprint density at radius 1 is 1.47 bits per heavy atom. The summed E-state index contributed by atoms with van der Waals surface area (Å²) in [5.41, 5.74) is -0.0652. The third kappa shape index (κ3) is 3.47. The van der Waals surface area contributed by atoms with Gasteiger partial charge in [-0.2, -0.15) is 0 Å². The highest BCUT2D eigenvalue weighted by molar-refractivity contribution is 9.09. The zero-order chi connectivity index (χ0) is 11.5. The van der Waals surface area contributed by atoms with Crippen LogP contribution in [0, 0.1) is 5.41 Å². The quantitative estimate of drug-likeness (QED) is 0.722. The van der Waals surface area contributed by atoms with Crippen LogP contribution in [0.3, 0.4) is 0 Å². The average Bonchev–Trinajstić information content (AvgIpc) is 2.61. The van der Waals surface area contributed by atoms with E-state index >= 15 is 0 Å². The van der Waals surface area contributed by atoms with Gasteiger partial charge in [-0.25, -0.2) is 0 Å². The number of halogens is 1. The predicted octanol–water partition coefficient (Wildman–Crippen LogP) is 3.20. The van der Waals surface area contributed by atoms with Gasteiger partial charge in [-0.1, -0.05) is 42.6 Å². The van der Waals surface area contributed by atoms with Crippen LogP contribution in [0.4, 0.5) is 0 Å². The van der Waals surface area contributed by atoms with Gasteiger partial charge in [-0.05, 0) is 19.3 Å². The van der Waals surface area contributed by atoms with E-state index in [1.54, 1.807) is 0 Å². The maximum atomic E-state index is 12.2. The summed E-state index contributed by atoms with van der Waals surface area (Å²) in [6, 6.07) is 0. The molecule has 0 heterocycles. The minimum absolute atomic E-state index is 0.0652. The Hall–Kier alpha value is -0.0500. The topological polar surface area (TPSA) is 20.3 Å². The number of rotatable bonds is 4. The lowest BCUT2D eigenvalue weighted by Gasteiger charge is -2.29. The van der Waals surface area contributed by atoms with Crippen molar-refractivity contribution in [3.8, 4) is 0 Å². The fourth-order valence-electron chi connectivity index (χ4n) is 2.30. The lowest BCUT2D eigenvalue weighted by molar-refractivity contribution is -0.139. The second kappa shape index (κ2) is 5.33. The van der Waals surface area contributed by atoms with E-state index in [9.17, 15) is 4.79 Å². The molecular weight excluding hydrogens is 254 g/mol. The molecule has 0 bridgehead atoms. The molecule has 88 valence electrons. The molecule has 3 heteroatoms. The molecule has 1 atom stereocenters. The first-order chi connectivity index (χ1) is 6.96. The minimum Gasteiger partial charge on any atom is -0.345 e. The summed E-state index contributed by atoms with van der Waals surface area (Å²) in [5, 5.41) is 0. The molecule has 0 spiro atoms. The van der Waals surface area contributed by atoms with Gasteiger partial charge in [0.1, 0.15) is 0 Å². The molecule has 15 heavy (non-hydrogen) atoms. The second-order valence-electron chi connectivity index (χ2n) is 5.06. The molecule has 0 radical (unpaired) electrons. The van der Waals surface area contributed by atoms with Gasteiger partial charge in [-0.15, -0.1) is 0 Å². The first kappa shape index (κ1) is 13.0. The Morgan fingerprint density at radius 2 is 2.00 bits per heavy atom. The predicted molar refractivity (Wildman–Crippen MR) is 67.2 cm³/mol. The average molecular weight is 276 g/mol. The molecule has 1 unspecified atom stereocenters. The van der Waals surface area contributed by atoms with Crippen molar-refractivity contribution in [3.63, 3.8) is 0 Å². The number of hydrogen-bond acceptors (Lipinski definition) is 1. The summed E-state index contributed by atoms with van der Waals surface area (Å²) in [7, 11) is 1.93. The van der Waals surface area contributed by atoms with Crippen molar-refractivity contribution in [1.29, 1.82) is 0 Å². The number of hydrogen-bond donors (Lipinski definition) is 0. The van der Waals surface area contributed by atoms with E-state index in [0.29, 0.717) is 10.7 Å². The Bertz CT molecular complexity index is 222. The van der Waals surface area contributed by atoms with Gasteiger partial charge in [0.2, 0.25) is 5.91 Å². The van der Waals surface area contributed by atoms with Crippen molar-refractivity contribution in [1.82, 2.24) is 4.90 Å². The summed E-state index contributed by atoms with van der Waals surface area (Å²) >= 11 is 3.51. The van der Waals surface area contributed by atoms with Crippen LogP contribution in [0.15, 0.2) is 0 Å². The van der Waals surface area contributed by atoms with Crippen LogP contribution >= 0.6 is 15.9 Å². The Morgan fingerprint density at radius 3 is 2.47 bits per heavy atom. The van der Waals surface area contributed by atoms with Crippen molar-refractivity contribution in [3.05, 3.63) is 0 Å². The standard InChI is InChI=1S/C12H22BrNO/c1-10(13)6-9-14(3)11(15)12(2)7-4-5-8-12/h10H,4-9H2,1-3H3. The van der Waals surface area contributed by atoms with Gasteiger partial charge >= 0.3 is 0 Å². The molecule has 0 saturated heterocycles. The number of nitrogens with zero attached hydrogens (tertiary/aromatic N) is 1. The van der Waals surface area contributed by atoms with Crippen molar-refractivity contribution in [2.75, 3.05) is 13.6 Å².